The van der Waals surface area contributed by atoms with Crippen LogP contribution in [0.3, 0.4) is 0 Å². The third-order valence-electron chi connectivity index (χ3n) is 3.88. The second kappa shape index (κ2) is 5.91. The van der Waals surface area contributed by atoms with Crippen molar-refractivity contribution in [2.45, 2.75) is 63.6 Å². The average Bonchev–Trinajstić information content (AvgIpc) is 3.15. The van der Waals surface area contributed by atoms with E-state index in [1.807, 2.05) is 0 Å². The summed E-state index contributed by atoms with van der Waals surface area (Å²) in [6.45, 7) is 1.67. The van der Waals surface area contributed by atoms with Crippen LogP contribution in [-0.4, -0.2) is 40.7 Å². The summed E-state index contributed by atoms with van der Waals surface area (Å²) in [5.41, 5.74) is 0. The van der Waals surface area contributed by atoms with Crippen LogP contribution in [0.4, 0.5) is 0 Å². The van der Waals surface area contributed by atoms with Crippen molar-refractivity contribution in [2.24, 2.45) is 0 Å². The van der Waals surface area contributed by atoms with Crippen LogP contribution in [0, 0.1) is 0 Å². The van der Waals surface area contributed by atoms with Crippen LogP contribution in [0.25, 0.3) is 0 Å². The van der Waals surface area contributed by atoms with Gasteiger partial charge in [0.25, 0.3) is 0 Å². The first kappa shape index (κ1) is 13.7. The van der Waals surface area contributed by atoms with E-state index in [-0.39, 0.29) is 23.7 Å². The van der Waals surface area contributed by atoms with Crippen molar-refractivity contribution >= 4 is 23.4 Å². The lowest BCUT2D eigenvalue weighted by Crippen LogP contribution is -2.46. The smallest absolute Gasteiger partial charge is 0.235 e. The predicted octanol–water partition coefficient (Wildman–Crippen LogP) is 1.66. The Morgan fingerprint density at radius 2 is 1.61 bits per heavy atom. The van der Waals surface area contributed by atoms with E-state index >= 15 is 0 Å². The number of rotatable bonds is 4. The zero-order valence-corrected chi connectivity index (χ0v) is 11.6. The molecule has 0 aromatic rings. The lowest BCUT2D eigenvalue weighted by Gasteiger charge is -2.36. The zero-order chi connectivity index (χ0) is 13.1. The molecule has 102 valence electrons. The molecule has 2 aliphatic carbocycles. The van der Waals surface area contributed by atoms with Gasteiger partial charge < -0.3 is 10.2 Å². The van der Waals surface area contributed by atoms with Crippen LogP contribution in [0.15, 0.2) is 0 Å². The Labute approximate surface area is 113 Å². The van der Waals surface area contributed by atoms with Crippen LogP contribution >= 0.6 is 11.6 Å². The molecule has 0 spiro atoms. The first-order valence-corrected chi connectivity index (χ1v) is 7.29. The molecule has 0 aromatic heterocycles. The van der Waals surface area contributed by atoms with Gasteiger partial charge in [-0.3, -0.25) is 9.59 Å². The van der Waals surface area contributed by atoms with E-state index in [4.69, 9.17) is 11.6 Å². The van der Waals surface area contributed by atoms with E-state index in [0.29, 0.717) is 12.1 Å². The van der Waals surface area contributed by atoms with Gasteiger partial charge in [0.1, 0.15) is 5.88 Å². The summed E-state index contributed by atoms with van der Waals surface area (Å²) in [5, 5.41) is 2.93. The third-order valence-corrected chi connectivity index (χ3v) is 4.12. The minimum absolute atomic E-state index is 0.0293. The number of carbonyl (C=O) groups is 2. The fourth-order valence-corrected chi connectivity index (χ4v) is 3.01. The molecule has 2 rings (SSSR count). The molecule has 0 unspecified atom stereocenters. The van der Waals surface area contributed by atoms with Crippen molar-refractivity contribution in [3.8, 4) is 0 Å². The van der Waals surface area contributed by atoms with Gasteiger partial charge >= 0.3 is 0 Å². The van der Waals surface area contributed by atoms with Gasteiger partial charge in [-0.25, -0.2) is 0 Å². The normalized spacial score (nSPS) is 27.7. The topological polar surface area (TPSA) is 49.4 Å². The van der Waals surface area contributed by atoms with Crippen LogP contribution in [-0.2, 0) is 9.59 Å². The number of halogens is 1. The van der Waals surface area contributed by atoms with Gasteiger partial charge in [0, 0.05) is 25.0 Å². The van der Waals surface area contributed by atoms with Gasteiger partial charge in [0.2, 0.25) is 11.8 Å². The molecule has 0 heterocycles. The van der Waals surface area contributed by atoms with Crippen molar-refractivity contribution in [1.29, 1.82) is 0 Å². The fourth-order valence-electron chi connectivity index (χ4n) is 2.93. The molecule has 1 N–H and O–H groups in total. The second-order valence-corrected chi connectivity index (χ2v) is 5.63. The number of nitrogens with one attached hydrogen (secondary N) is 1. The van der Waals surface area contributed by atoms with Gasteiger partial charge in [-0.2, -0.15) is 0 Å². The number of hydrogen-bond donors (Lipinski definition) is 1. The predicted molar refractivity (Wildman–Crippen MR) is 70.4 cm³/mol. The molecule has 5 heteroatoms. The Balaban J connectivity index is 1.81. The summed E-state index contributed by atoms with van der Waals surface area (Å²) in [7, 11) is 0. The molecule has 0 radical (unpaired) electrons. The number of alkyl halides is 1. The van der Waals surface area contributed by atoms with Gasteiger partial charge in [-0.15, -0.1) is 11.6 Å². The Morgan fingerprint density at radius 3 is 2.00 bits per heavy atom. The van der Waals surface area contributed by atoms with Crippen molar-refractivity contribution < 1.29 is 9.59 Å². The Morgan fingerprint density at radius 1 is 1.11 bits per heavy atom. The van der Waals surface area contributed by atoms with Gasteiger partial charge in [0.05, 0.1) is 0 Å². The summed E-state index contributed by atoms with van der Waals surface area (Å²) in [6, 6.07) is 1.10. The maximum absolute atomic E-state index is 11.7. The molecule has 4 nitrogen and oxygen atoms in total. The van der Waals surface area contributed by atoms with Gasteiger partial charge in [-0.1, -0.05) is 0 Å². The van der Waals surface area contributed by atoms with Crippen LogP contribution in [0.1, 0.15) is 45.4 Å². The lowest BCUT2D eigenvalue weighted by atomic mass is 9.90. The van der Waals surface area contributed by atoms with E-state index in [9.17, 15) is 9.59 Å². The highest BCUT2D eigenvalue weighted by molar-refractivity contribution is 6.27. The number of amides is 2. The van der Waals surface area contributed by atoms with Crippen LogP contribution in [0.2, 0.25) is 0 Å². The molecular weight excluding hydrogens is 252 g/mol. The maximum Gasteiger partial charge on any atom is 0.235 e. The van der Waals surface area contributed by atoms with Crippen LogP contribution < -0.4 is 5.32 Å². The minimum Gasteiger partial charge on any atom is -0.352 e. The highest BCUT2D eigenvalue weighted by Crippen LogP contribution is 2.33. The molecule has 0 aliphatic heterocycles. The Bertz CT molecular complexity index is 323. The highest BCUT2D eigenvalue weighted by atomic mass is 35.5. The number of nitrogens with zero attached hydrogens (tertiary/aromatic N) is 1. The third kappa shape index (κ3) is 3.37. The molecule has 2 fully saturated rings. The Hall–Kier alpha value is -0.770. The largest absolute Gasteiger partial charge is 0.352 e. The van der Waals surface area contributed by atoms with Gasteiger partial charge in [-0.05, 0) is 38.5 Å². The molecule has 2 amide bonds. The molecule has 0 saturated heterocycles. The van der Waals surface area contributed by atoms with Crippen molar-refractivity contribution in [3.05, 3.63) is 0 Å². The van der Waals surface area contributed by atoms with Crippen molar-refractivity contribution in [1.82, 2.24) is 10.2 Å². The molecule has 0 bridgehead atoms. The Kier molecular flexibility index (Phi) is 4.49. The van der Waals surface area contributed by atoms with E-state index in [0.717, 1.165) is 38.5 Å². The van der Waals surface area contributed by atoms with Crippen LogP contribution in [0.5, 0.6) is 0 Å². The SMILES string of the molecule is CC(=O)N(C1CCC(NC(=O)CCl)CC1)C1CC1. The number of carbonyl (C=O) groups excluding carboxylic acids is 2. The number of hydrogen-bond acceptors (Lipinski definition) is 2. The summed E-state index contributed by atoms with van der Waals surface area (Å²) in [6.07, 6.45) is 6.19. The summed E-state index contributed by atoms with van der Waals surface area (Å²) in [4.78, 5) is 25.0. The molecule has 18 heavy (non-hydrogen) atoms. The second-order valence-electron chi connectivity index (χ2n) is 5.36. The first-order chi connectivity index (χ1) is 8.61. The first-order valence-electron chi connectivity index (χ1n) is 6.76. The van der Waals surface area contributed by atoms with E-state index < -0.39 is 0 Å². The van der Waals surface area contributed by atoms with E-state index in [1.54, 1.807) is 6.92 Å². The fraction of sp³-hybridized carbons (Fsp3) is 0.846. The average molecular weight is 273 g/mol. The zero-order valence-electron chi connectivity index (χ0n) is 10.8. The minimum atomic E-state index is -0.0919. The molecule has 0 aromatic carbocycles. The van der Waals surface area contributed by atoms with Crippen molar-refractivity contribution in [2.75, 3.05) is 5.88 Å². The standard InChI is InChI=1S/C13H21ClN2O2/c1-9(17)16(12-6-7-12)11-4-2-10(3-5-11)15-13(18)8-14/h10-12H,2-8H2,1H3,(H,15,18). The molecule has 2 saturated carbocycles. The van der Waals surface area contributed by atoms with Gasteiger partial charge in [0.15, 0.2) is 0 Å². The molecule has 2 aliphatic rings. The summed E-state index contributed by atoms with van der Waals surface area (Å²) >= 11 is 5.48. The summed E-state index contributed by atoms with van der Waals surface area (Å²) < 4.78 is 0. The quantitative estimate of drug-likeness (QED) is 0.792. The molecular formula is C13H21ClN2O2. The maximum atomic E-state index is 11.7. The monoisotopic (exact) mass is 272 g/mol. The summed E-state index contributed by atoms with van der Waals surface area (Å²) in [5.74, 6) is 0.137. The van der Waals surface area contributed by atoms with E-state index in [2.05, 4.69) is 10.2 Å². The van der Waals surface area contributed by atoms with E-state index in [1.165, 1.54) is 0 Å². The lowest BCUT2D eigenvalue weighted by molar-refractivity contribution is -0.133. The highest BCUT2D eigenvalue weighted by Gasteiger charge is 2.37. The molecule has 0 atom stereocenters. The van der Waals surface area contributed by atoms with Crippen molar-refractivity contribution in [3.63, 3.8) is 0 Å².